The van der Waals surface area contributed by atoms with Gasteiger partial charge >= 0.3 is 0 Å². The fourth-order valence-electron chi connectivity index (χ4n) is 3.43. The summed E-state index contributed by atoms with van der Waals surface area (Å²) in [7, 11) is 0. The first-order valence-electron chi connectivity index (χ1n) is 7.21. The maximum Gasteiger partial charge on any atom is 0.270 e. The summed E-state index contributed by atoms with van der Waals surface area (Å²) in [5.41, 5.74) is 0.506. The van der Waals surface area contributed by atoms with Crippen LogP contribution < -0.4 is 10.6 Å². The number of fused-ring (bicyclic) bond motifs is 3. The Labute approximate surface area is 117 Å². The van der Waals surface area contributed by atoms with Gasteiger partial charge in [0.1, 0.15) is 5.69 Å². The molecule has 4 rings (SSSR count). The molecule has 2 fully saturated rings. The van der Waals surface area contributed by atoms with Crippen LogP contribution in [0.15, 0.2) is 36.5 Å². The normalized spacial score (nSPS) is 27.9. The standard InChI is InChI=1S/C16H17N3O/c20-16(19-14-8-12-5-6-13(14)18-12)15-7-10-3-1-2-4-11(10)9-17-15/h1-4,7,9,12-14,18H,5-6,8H2,(H,19,20)/t12?,13-,14+/m0/s1. The molecule has 1 unspecified atom stereocenters. The van der Waals surface area contributed by atoms with Crippen molar-refractivity contribution in [1.29, 1.82) is 0 Å². The summed E-state index contributed by atoms with van der Waals surface area (Å²) in [5, 5.41) is 8.77. The van der Waals surface area contributed by atoms with Crippen LogP contribution in [-0.2, 0) is 0 Å². The number of aromatic nitrogens is 1. The van der Waals surface area contributed by atoms with Gasteiger partial charge in [-0.2, -0.15) is 0 Å². The fourth-order valence-corrected chi connectivity index (χ4v) is 3.43. The minimum Gasteiger partial charge on any atom is -0.346 e. The molecule has 102 valence electrons. The van der Waals surface area contributed by atoms with Crippen molar-refractivity contribution in [2.75, 3.05) is 0 Å². The van der Waals surface area contributed by atoms with Gasteiger partial charge in [-0.25, -0.2) is 0 Å². The number of carbonyl (C=O) groups excluding carboxylic acids is 1. The minimum absolute atomic E-state index is 0.0601. The Bertz CT molecular complexity index is 670. The van der Waals surface area contributed by atoms with E-state index in [0.29, 0.717) is 17.8 Å². The number of pyridine rings is 1. The van der Waals surface area contributed by atoms with Crippen molar-refractivity contribution in [3.63, 3.8) is 0 Å². The van der Waals surface area contributed by atoms with Gasteiger partial charge < -0.3 is 10.6 Å². The predicted octanol–water partition coefficient (Wildman–Crippen LogP) is 1.86. The van der Waals surface area contributed by atoms with Crippen molar-refractivity contribution in [2.45, 2.75) is 37.4 Å². The van der Waals surface area contributed by atoms with Gasteiger partial charge in [0.2, 0.25) is 0 Å². The molecule has 0 aliphatic carbocycles. The predicted molar refractivity (Wildman–Crippen MR) is 77.6 cm³/mol. The Morgan fingerprint density at radius 3 is 2.85 bits per heavy atom. The molecule has 2 N–H and O–H groups in total. The van der Waals surface area contributed by atoms with E-state index < -0.39 is 0 Å². The van der Waals surface area contributed by atoms with Crippen LogP contribution in [0.3, 0.4) is 0 Å². The van der Waals surface area contributed by atoms with Crippen molar-refractivity contribution in [1.82, 2.24) is 15.6 Å². The summed E-state index contributed by atoms with van der Waals surface area (Å²) in [5.74, 6) is -0.0601. The molecule has 20 heavy (non-hydrogen) atoms. The van der Waals surface area contributed by atoms with Crippen LogP contribution in [0, 0.1) is 0 Å². The average Bonchev–Trinajstić information content (AvgIpc) is 3.09. The van der Waals surface area contributed by atoms with Crippen molar-refractivity contribution < 1.29 is 4.79 Å². The number of hydrogen-bond donors (Lipinski definition) is 2. The molecule has 3 atom stereocenters. The summed E-state index contributed by atoms with van der Waals surface area (Å²) in [6.45, 7) is 0. The number of hydrogen-bond acceptors (Lipinski definition) is 3. The first-order chi connectivity index (χ1) is 9.79. The summed E-state index contributed by atoms with van der Waals surface area (Å²) in [6, 6.07) is 11.1. The molecule has 2 aliphatic heterocycles. The van der Waals surface area contributed by atoms with Crippen LogP contribution in [0.5, 0.6) is 0 Å². The number of nitrogens with zero attached hydrogens (tertiary/aromatic N) is 1. The molecule has 0 saturated carbocycles. The van der Waals surface area contributed by atoms with Gasteiger partial charge in [-0.15, -0.1) is 0 Å². The van der Waals surface area contributed by atoms with E-state index >= 15 is 0 Å². The maximum atomic E-state index is 12.3. The third-order valence-electron chi connectivity index (χ3n) is 4.48. The molecule has 4 heteroatoms. The van der Waals surface area contributed by atoms with Crippen LogP contribution in [0.1, 0.15) is 29.8 Å². The zero-order valence-electron chi connectivity index (χ0n) is 11.2. The van der Waals surface area contributed by atoms with Crippen LogP contribution in [0.4, 0.5) is 0 Å². The lowest BCUT2D eigenvalue weighted by atomic mass is 9.95. The van der Waals surface area contributed by atoms with E-state index in [4.69, 9.17) is 0 Å². The van der Waals surface area contributed by atoms with Crippen LogP contribution in [-0.4, -0.2) is 29.0 Å². The third kappa shape index (κ3) is 1.96. The highest BCUT2D eigenvalue weighted by atomic mass is 16.2. The lowest BCUT2D eigenvalue weighted by Gasteiger charge is -2.21. The quantitative estimate of drug-likeness (QED) is 0.873. The Hall–Kier alpha value is -1.94. The summed E-state index contributed by atoms with van der Waals surface area (Å²) in [6.07, 6.45) is 5.22. The zero-order chi connectivity index (χ0) is 13.5. The molecule has 2 aliphatic rings. The van der Waals surface area contributed by atoms with Gasteiger partial charge in [0, 0.05) is 29.7 Å². The Morgan fingerprint density at radius 1 is 1.25 bits per heavy atom. The van der Waals surface area contributed by atoms with Gasteiger partial charge in [-0.1, -0.05) is 24.3 Å². The molecular formula is C16H17N3O. The maximum absolute atomic E-state index is 12.3. The second kappa shape index (κ2) is 4.56. The molecule has 4 nitrogen and oxygen atoms in total. The highest BCUT2D eigenvalue weighted by molar-refractivity contribution is 5.96. The molecule has 2 aromatic rings. The van der Waals surface area contributed by atoms with E-state index in [9.17, 15) is 4.79 Å². The van der Waals surface area contributed by atoms with Gasteiger partial charge in [0.15, 0.2) is 0 Å². The minimum atomic E-state index is -0.0601. The summed E-state index contributed by atoms with van der Waals surface area (Å²) < 4.78 is 0. The lowest BCUT2D eigenvalue weighted by Crippen LogP contribution is -2.43. The average molecular weight is 267 g/mol. The zero-order valence-corrected chi connectivity index (χ0v) is 11.2. The largest absolute Gasteiger partial charge is 0.346 e. The van der Waals surface area contributed by atoms with Gasteiger partial charge in [0.05, 0.1) is 0 Å². The molecule has 1 aromatic heterocycles. The van der Waals surface area contributed by atoms with Gasteiger partial charge in [-0.3, -0.25) is 9.78 Å². The van der Waals surface area contributed by atoms with Crippen molar-refractivity contribution in [2.24, 2.45) is 0 Å². The number of amides is 1. The molecule has 3 heterocycles. The highest BCUT2D eigenvalue weighted by Gasteiger charge is 2.39. The SMILES string of the molecule is O=C(N[C@@H]1CC2CC[C@@H]1N2)c1cc2ccccc2cn1. The number of rotatable bonds is 2. The molecule has 2 saturated heterocycles. The van der Waals surface area contributed by atoms with Crippen molar-refractivity contribution >= 4 is 16.7 Å². The molecular weight excluding hydrogens is 250 g/mol. The molecule has 0 radical (unpaired) electrons. The van der Waals surface area contributed by atoms with E-state index in [0.717, 1.165) is 17.2 Å². The first-order valence-corrected chi connectivity index (χ1v) is 7.21. The smallest absolute Gasteiger partial charge is 0.270 e. The number of nitrogens with one attached hydrogen (secondary N) is 2. The Morgan fingerprint density at radius 2 is 2.10 bits per heavy atom. The van der Waals surface area contributed by atoms with Crippen LogP contribution in [0.2, 0.25) is 0 Å². The van der Waals surface area contributed by atoms with E-state index in [-0.39, 0.29) is 11.9 Å². The van der Waals surface area contributed by atoms with E-state index in [1.165, 1.54) is 12.8 Å². The van der Waals surface area contributed by atoms with Gasteiger partial charge in [0.25, 0.3) is 5.91 Å². The lowest BCUT2D eigenvalue weighted by molar-refractivity contribution is 0.0926. The summed E-state index contributed by atoms with van der Waals surface area (Å²) in [4.78, 5) is 16.6. The van der Waals surface area contributed by atoms with Crippen LogP contribution >= 0.6 is 0 Å². The molecule has 1 aromatic carbocycles. The second-order valence-electron chi connectivity index (χ2n) is 5.78. The van der Waals surface area contributed by atoms with E-state index in [1.807, 2.05) is 30.3 Å². The topological polar surface area (TPSA) is 54.0 Å². The Kier molecular flexibility index (Phi) is 2.70. The van der Waals surface area contributed by atoms with Crippen molar-refractivity contribution in [3.8, 4) is 0 Å². The first kappa shape index (κ1) is 11.9. The number of benzene rings is 1. The van der Waals surface area contributed by atoms with E-state index in [2.05, 4.69) is 15.6 Å². The van der Waals surface area contributed by atoms with E-state index in [1.54, 1.807) is 6.20 Å². The highest BCUT2D eigenvalue weighted by Crippen LogP contribution is 2.28. The Balaban J connectivity index is 1.54. The van der Waals surface area contributed by atoms with Crippen molar-refractivity contribution in [3.05, 3.63) is 42.2 Å². The number of carbonyl (C=O) groups is 1. The monoisotopic (exact) mass is 267 g/mol. The molecule has 0 spiro atoms. The molecule has 1 amide bonds. The van der Waals surface area contributed by atoms with Gasteiger partial charge in [-0.05, 0) is 30.7 Å². The molecule has 2 bridgehead atoms. The fraction of sp³-hybridized carbons (Fsp3) is 0.375. The van der Waals surface area contributed by atoms with Crippen LogP contribution in [0.25, 0.3) is 10.8 Å². The third-order valence-corrected chi connectivity index (χ3v) is 4.48. The second-order valence-corrected chi connectivity index (χ2v) is 5.78. The summed E-state index contributed by atoms with van der Waals surface area (Å²) >= 11 is 0.